The van der Waals surface area contributed by atoms with Crippen LogP contribution in [0.3, 0.4) is 0 Å². The van der Waals surface area contributed by atoms with Crippen LogP contribution >= 0.6 is 15.9 Å². The SMILES string of the molecule is C=C(C)C[C@H](c1cc(Br)ccc1OC)N1CCNCC1. The van der Waals surface area contributed by atoms with E-state index in [1.807, 2.05) is 12.1 Å². The van der Waals surface area contributed by atoms with Gasteiger partial charge in [0.25, 0.3) is 0 Å². The molecule has 1 aromatic carbocycles. The van der Waals surface area contributed by atoms with Crippen LogP contribution in [0.15, 0.2) is 34.8 Å². The highest BCUT2D eigenvalue weighted by molar-refractivity contribution is 9.10. The fourth-order valence-electron chi connectivity index (χ4n) is 2.73. The van der Waals surface area contributed by atoms with Gasteiger partial charge < -0.3 is 10.1 Å². The summed E-state index contributed by atoms with van der Waals surface area (Å²) >= 11 is 3.58. The van der Waals surface area contributed by atoms with Crippen LogP contribution in [-0.4, -0.2) is 38.2 Å². The van der Waals surface area contributed by atoms with Crippen molar-refractivity contribution >= 4 is 15.9 Å². The summed E-state index contributed by atoms with van der Waals surface area (Å²) in [5, 5.41) is 3.41. The van der Waals surface area contributed by atoms with Crippen LogP contribution in [0, 0.1) is 0 Å². The van der Waals surface area contributed by atoms with Crippen molar-refractivity contribution in [1.29, 1.82) is 0 Å². The minimum atomic E-state index is 0.335. The molecule has 4 heteroatoms. The molecule has 0 spiro atoms. The molecule has 0 bridgehead atoms. The van der Waals surface area contributed by atoms with Gasteiger partial charge in [0.2, 0.25) is 0 Å². The van der Waals surface area contributed by atoms with Crippen LogP contribution in [0.2, 0.25) is 0 Å². The van der Waals surface area contributed by atoms with Gasteiger partial charge in [-0.2, -0.15) is 0 Å². The summed E-state index contributed by atoms with van der Waals surface area (Å²) in [6.45, 7) is 10.4. The van der Waals surface area contributed by atoms with Crippen molar-refractivity contribution < 1.29 is 4.74 Å². The van der Waals surface area contributed by atoms with Gasteiger partial charge in [-0.05, 0) is 31.5 Å². The Bertz CT molecular complexity index is 470. The van der Waals surface area contributed by atoms with Crippen LogP contribution in [0.5, 0.6) is 5.75 Å². The molecule has 1 atom stereocenters. The Balaban J connectivity index is 2.34. The lowest BCUT2D eigenvalue weighted by atomic mass is 9.97. The first-order valence-electron chi connectivity index (χ1n) is 7.04. The van der Waals surface area contributed by atoms with E-state index in [1.54, 1.807) is 7.11 Å². The van der Waals surface area contributed by atoms with E-state index >= 15 is 0 Å². The lowest BCUT2D eigenvalue weighted by Crippen LogP contribution is -2.45. The van der Waals surface area contributed by atoms with Gasteiger partial charge in [0.05, 0.1) is 7.11 Å². The van der Waals surface area contributed by atoms with Crippen molar-refractivity contribution in [1.82, 2.24) is 10.2 Å². The number of methoxy groups -OCH3 is 1. The first-order chi connectivity index (χ1) is 9.61. The fourth-order valence-corrected chi connectivity index (χ4v) is 3.10. The maximum atomic E-state index is 5.56. The molecule has 0 saturated carbocycles. The zero-order valence-corrected chi connectivity index (χ0v) is 13.9. The van der Waals surface area contributed by atoms with Crippen LogP contribution in [0.1, 0.15) is 24.9 Å². The van der Waals surface area contributed by atoms with E-state index in [1.165, 1.54) is 11.1 Å². The predicted octanol–water partition coefficient (Wildman–Crippen LogP) is 3.37. The Morgan fingerprint density at radius 2 is 2.15 bits per heavy atom. The van der Waals surface area contributed by atoms with Crippen LogP contribution in [-0.2, 0) is 0 Å². The van der Waals surface area contributed by atoms with E-state index in [4.69, 9.17) is 4.74 Å². The standard InChI is InChI=1S/C16H23BrN2O/c1-12(2)10-15(19-8-6-18-7-9-19)14-11-13(17)4-5-16(14)20-3/h4-5,11,15,18H,1,6-10H2,2-3H3/t15-/m1/s1. The number of piperazine rings is 1. The smallest absolute Gasteiger partial charge is 0.123 e. The molecule has 110 valence electrons. The number of halogens is 1. The monoisotopic (exact) mass is 338 g/mol. The highest BCUT2D eigenvalue weighted by Crippen LogP contribution is 2.35. The zero-order chi connectivity index (χ0) is 14.5. The molecule has 1 fully saturated rings. The summed E-state index contributed by atoms with van der Waals surface area (Å²) in [4.78, 5) is 2.52. The number of hydrogen-bond acceptors (Lipinski definition) is 3. The minimum Gasteiger partial charge on any atom is -0.496 e. The van der Waals surface area contributed by atoms with Crippen LogP contribution in [0.4, 0.5) is 0 Å². The second-order valence-electron chi connectivity index (χ2n) is 5.35. The van der Waals surface area contributed by atoms with Gasteiger partial charge in [0.1, 0.15) is 5.75 Å². The molecule has 0 amide bonds. The first kappa shape index (κ1) is 15.5. The van der Waals surface area contributed by atoms with E-state index in [0.717, 1.165) is 42.8 Å². The molecular formula is C16H23BrN2O. The van der Waals surface area contributed by atoms with Crippen molar-refractivity contribution in [2.75, 3.05) is 33.3 Å². The summed E-state index contributed by atoms with van der Waals surface area (Å²) in [5.41, 5.74) is 2.45. The van der Waals surface area contributed by atoms with E-state index in [9.17, 15) is 0 Å². The van der Waals surface area contributed by atoms with Gasteiger partial charge in [-0.15, -0.1) is 6.58 Å². The van der Waals surface area contributed by atoms with Gasteiger partial charge in [-0.3, -0.25) is 4.90 Å². The second kappa shape index (κ2) is 7.25. The Morgan fingerprint density at radius 3 is 2.75 bits per heavy atom. The number of hydrogen-bond donors (Lipinski definition) is 1. The summed E-state index contributed by atoms with van der Waals surface area (Å²) < 4.78 is 6.65. The molecule has 1 saturated heterocycles. The van der Waals surface area contributed by atoms with Crippen LogP contribution < -0.4 is 10.1 Å². The minimum absolute atomic E-state index is 0.335. The third kappa shape index (κ3) is 3.84. The Kier molecular flexibility index (Phi) is 5.64. The molecule has 0 unspecified atom stereocenters. The molecule has 1 N–H and O–H groups in total. The van der Waals surface area contributed by atoms with Gasteiger partial charge in [-0.1, -0.05) is 21.5 Å². The topological polar surface area (TPSA) is 24.5 Å². The molecule has 1 aromatic rings. The maximum Gasteiger partial charge on any atom is 0.123 e. The second-order valence-corrected chi connectivity index (χ2v) is 6.26. The van der Waals surface area contributed by atoms with Crippen LogP contribution in [0.25, 0.3) is 0 Å². The van der Waals surface area contributed by atoms with Crippen molar-refractivity contribution in [3.8, 4) is 5.75 Å². The average Bonchev–Trinajstić information content (AvgIpc) is 2.45. The largest absolute Gasteiger partial charge is 0.496 e. The van der Waals surface area contributed by atoms with Crippen molar-refractivity contribution in [2.24, 2.45) is 0 Å². The zero-order valence-electron chi connectivity index (χ0n) is 12.3. The molecule has 1 heterocycles. The normalized spacial score (nSPS) is 17.8. The van der Waals surface area contributed by atoms with Crippen molar-refractivity contribution in [2.45, 2.75) is 19.4 Å². The quantitative estimate of drug-likeness (QED) is 0.833. The molecule has 0 aromatic heterocycles. The summed E-state index contributed by atoms with van der Waals surface area (Å²) in [7, 11) is 1.74. The maximum absolute atomic E-state index is 5.56. The summed E-state index contributed by atoms with van der Waals surface area (Å²) in [5.74, 6) is 0.956. The molecule has 0 radical (unpaired) electrons. The average molecular weight is 339 g/mol. The molecule has 0 aliphatic carbocycles. The predicted molar refractivity (Wildman–Crippen MR) is 87.3 cm³/mol. The summed E-state index contributed by atoms with van der Waals surface area (Å²) in [6, 6.07) is 6.57. The van der Waals surface area contributed by atoms with E-state index < -0.39 is 0 Å². The Morgan fingerprint density at radius 1 is 1.45 bits per heavy atom. The van der Waals surface area contributed by atoms with Crippen molar-refractivity contribution in [3.63, 3.8) is 0 Å². The number of nitrogens with one attached hydrogen (secondary N) is 1. The van der Waals surface area contributed by atoms with Gasteiger partial charge >= 0.3 is 0 Å². The molecule has 20 heavy (non-hydrogen) atoms. The third-order valence-corrected chi connectivity index (χ3v) is 4.18. The van der Waals surface area contributed by atoms with Gasteiger partial charge in [-0.25, -0.2) is 0 Å². The number of ether oxygens (including phenoxy) is 1. The van der Waals surface area contributed by atoms with E-state index in [0.29, 0.717) is 6.04 Å². The number of rotatable bonds is 5. The van der Waals surface area contributed by atoms with Gasteiger partial charge in [0.15, 0.2) is 0 Å². The highest BCUT2D eigenvalue weighted by atomic mass is 79.9. The van der Waals surface area contributed by atoms with Gasteiger partial charge in [0, 0.05) is 42.3 Å². The summed E-state index contributed by atoms with van der Waals surface area (Å²) in [6.07, 6.45) is 0.965. The molecular weight excluding hydrogens is 316 g/mol. The lowest BCUT2D eigenvalue weighted by molar-refractivity contribution is 0.169. The number of nitrogens with zero attached hydrogens (tertiary/aromatic N) is 1. The van der Waals surface area contributed by atoms with E-state index in [2.05, 4.69) is 45.7 Å². The van der Waals surface area contributed by atoms with E-state index in [-0.39, 0.29) is 0 Å². The Labute approximate surface area is 130 Å². The fraction of sp³-hybridized carbons (Fsp3) is 0.500. The molecule has 2 rings (SSSR count). The first-order valence-corrected chi connectivity index (χ1v) is 7.83. The lowest BCUT2D eigenvalue weighted by Gasteiger charge is -2.36. The molecule has 3 nitrogen and oxygen atoms in total. The third-order valence-electron chi connectivity index (χ3n) is 3.68. The molecule has 1 aliphatic rings. The van der Waals surface area contributed by atoms with Crippen molar-refractivity contribution in [3.05, 3.63) is 40.4 Å². The highest BCUT2D eigenvalue weighted by Gasteiger charge is 2.25. The number of benzene rings is 1. The Hall–Kier alpha value is -0.840. The molecule has 1 aliphatic heterocycles.